The van der Waals surface area contributed by atoms with Crippen LogP contribution in [0, 0.1) is 0 Å². The van der Waals surface area contributed by atoms with E-state index in [-0.39, 0.29) is 0 Å². The fourth-order valence-corrected chi connectivity index (χ4v) is 2.98. The van der Waals surface area contributed by atoms with E-state index in [1.165, 1.54) is 0 Å². The first-order valence-electron chi connectivity index (χ1n) is 9.42. The number of nitrogens with two attached hydrogens (primary N) is 1. The number of aryl methyl sites for hydroxylation is 1. The van der Waals surface area contributed by atoms with Gasteiger partial charge >= 0.3 is 0 Å². The maximum absolute atomic E-state index is 5.99. The van der Waals surface area contributed by atoms with E-state index in [4.69, 9.17) is 10.5 Å². The van der Waals surface area contributed by atoms with Crippen molar-refractivity contribution in [3.05, 3.63) is 91.0 Å². The standard InChI is InChI=1S/C23H22N6O/c1-17(10-14-29-22(24)9-13-26-29)19-5-3-18(4-6-19)16-30-23-21(15-28(2)27-23)20-7-11-25-12-8-20/h3-15H,1,16,24H2,2H3/b14-10-. The predicted molar refractivity (Wildman–Crippen MR) is 118 cm³/mol. The summed E-state index contributed by atoms with van der Waals surface area (Å²) in [7, 11) is 1.88. The fourth-order valence-electron chi connectivity index (χ4n) is 2.98. The van der Waals surface area contributed by atoms with E-state index in [1.54, 1.807) is 40.2 Å². The SMILES string of the molecule is C=C(/C=C\n1nccc1N)c1ccc(COc2nn(C)cc2-c2ccncc2)cc1. The van der Waals surface area contributed by atoms with Crippen molar-refractivity contribution in [3.8, 4) is 17.0 Å². The van der Waals surface area contributed by atoms with Crippen molar-refractivity contribution in [1.82, 2.24) is 24.5 Å². The normalized spacial score (nSPS) is 11.1. The van der Waals surface area contributed by atoms with E-state index in [0.717, 1.165) is 27.8 Å². The second-order valence-corrected chi connectivity index (χ2v) is 6.78. The Bertz CT molecular complexity index is 1170. The zero-order chi connectivity index (χ0) is 20.9. The molecule has 0 radical (unpaired) electrons. The first-order chi connectivity index (χ1) is 14.6. The summed E-state index contributed by atoms with van der Waals surface area (Å²) >= 11 is 0. The van der Waals surface area contributed by atoms with Crippen LogP contribution in [0.4, 0.5) is 5.82 Å². The molecule has 3 heterocycles. The second kappa shape index (κ2) is 8.48. The molecule has 0 amide bonds. The number of hydrogen-bond donors (Lipinski definition) is 1. The second-order valence-electron chi connectivity index (χ2n) is 6.78. The van der Waals surface area contributed by atoms with Crippen LogP contribution >= 0.6 is 0 Å². The molecule has 4 aromatic rings. The lowest BCUT2D eigenvalue weighted by Crippen LogP contribution is -1.98. The van der Waals surface area contributed by atoms with Crippen molar-refractivity contribution in [1.29, 1.82) is 0 Å². The molecule has 0 aliphatic rings. The fraction of sp³-hybridized carbons (Fsp3) is 0.0870. The molecule has 7 nitrogen and oxygen atoms in total. The van der Waals surface area contributed by atoms with Crippen LogP contribution in [0.3, 0.4) is 0 Å². The zero-order valence-electron chi connectivity index (χ0n) is 16.6. The number of hydrogen-bond acceptors (Lipinski definition) is 5. The monoisotopic (exact) mass is 398 g/mol. The minimum atomic E-state index is 0.418. The number of ether oxygens (including phenoxy) is 1. The molecule has 0 fully saturated rings. The number of allylic oxidation sites excluding steroid dienone is 2. The molecule has 0 aliphatic heterocycles. The van der Waals surface area contributed by atoms with Gasteiger partial charge in [-0.2, -0.15) is 5.10 Å². The highest BCUT2D eigenvalue weighted by Gasteiger charge is 2.11. The number of nitrogens with zero attached hydrogens (tertiary/aromatic N) is 5. The van der Waals surface area contributed by atoms with Gasteiger partial charge in [-0.05, 0) is 40.5 Å². The number of nitrogen functional groups attached to an aromatic ring is 1. The molecule has 2 N–H and O–H groups in total. The minimum absolute atomic E-state index is 0.418. The summed E-state index contributed by atoms with van der Waals surface area (Å²) < 4.78 is 9.34. The maximum Gasteiger partial charge on any atom is 0.241 e. The number of rotatable bonds is 7. The third kappa shape index (κ3) is 4.30. The lowest BCUT2D eigenvalue weighted by molar-refractivity contribution is 0.292. The molecule has 0 saturated heterocycles. The van der Waals surface area contributed by atoms with E-state index in [0.29, 0.717) is 18.3 Å². The first-order valence-corrected chi connectivity index (χ1v) is 9.42. The highest BCUT2D eigenvalue weighted by molar-refractivity contribution is 5.75. The van der Waals surface area contributed by atoms with Gasteiger partial charge in [0.15, 0.2) is 0 Å². The Balaban J connectivity index is 1.42. The van der Waals surface area contributed by atoms with Gasteiger partial charge in [-0.25, -0.2) is 4.68 Å². The summed E-state index contributed by atoms with van der Waals surface area (Å²) in [4.78, 5) is 4.06. The number of pyridine rings is 1. The average molecular weight is 398 g/mol. The number of anilines is 1. The highest BCUT2D eigenvalue weighted by atomic mass is 16.5. The lowest BCUT2D eigenvalue weighted by Gasteiger charge is -2.07. The van der Waals surface area contributed by atoms with Gasteiger partial charge in [0.1, 0.15) is 12.4 Å². The first kappa shape index (κ1) is 19.2. The molecular formula is C23H22N6O. The summed E-state index contributed by atoms with van der Waals surface area (Å²) in [6.45, 7) is 4.53. The van der Waals surface area contributed by atoms with Gasteiger partial charge in [0, 0.05) is 37.9 Å². The lowest BCUT2D eigenvalue weighted by atomic mass is 10.1. The van der Waals surface area contributed by atoms with Crippen molar-refractivity contribution < 1.29 is 4.74 Å². The largest absolute Gasteiger partial charge is 0.471 e. The molecule has 150 valence electrons. The van der Waals surface area contributed by atoms with Crippen LogP contribution in [0.2, 0.25) is 0 Å². The molecule has 7 heteroatoms. The number of benzene rings is 1. The Morgan fingerprint density at radius 3 is 2.57 bits per heavy atom. The van der Waals surface area contributed by atoms with Gasteiger partial charge < -0.3 is 10.5 Å². The summed E-state index contributed by atoms with van der Waals surface area (Å²) in [6.07, 6.45) is 10.8. The quantitative estimate of drug-likeness (QED) is 0.475. The Labute approximate surface area is 174 Å². The van der Waals surface area contributed by atoms with Crippen molar-refractivity contribution in [3.63, 3.8) is 0 Å². The van der Waals surface area contributed by atoms with E-state index < -0.39 is 0 Å². The number of aromatic nitrogens is 5. The molecule has 30 heavy (non-hydrogen) atoms. The predicted octanol–water partition coefficient (Wildman–Crippen LogP) is 4.02. The highest BCUT2D eigenvalue weighted by Crippen LogP contribution is 2.28. The molecule has 0 unspecified atom stereocenters. The molecule has 3 aromatic heterocycles. The molecule has 0 bridgehead atoms. The Morgan fingerprint density at radius 2 is 1.87 bits per heavy atom. The van der Waals surface area contributed by atoms with Crippen molar-refractivity contribution in [2.24, 2.45) is 7.05 Å². The van der Waals surface area contributed by atoms with E-state index in [9.17, 15) is 0 Å². The van der Waals surface area contributed by atoms with Gasteiger partial charge in [0.2, 0.25) is 5.88 Å². The van der Waals surface area contributed by atoms with Crippen LogP contribution in [0.1, 0.15) is 11.1 Å². The smallest absolute Gasteiger partial charge is 0.241 e. The Morgan fingerprint density at radius 1 is 1.10 bits per heavy atom. The van der Waals surface area contributed by atoms with Crippen LogP contribution in [0.15, 0.2) is 79.9 Å². The molecule has 0 saturated carbocycles. The molecule has 0 spiro atoms. The van der Waals surface area contributed by atoms with Gasteiger partial charge in [0.05, 0.1) is 11.8 Å². The molecular weight excluding hydrogens is 376 g/mol. The third-order valence-corrected chi connectivity index (χ3v) is 4.60. The van der Waals surface area contributed by atoms with Gasteiger partial charge in [0.25, 0.3) is 0 Å². The van der Waals surface area contributed by atoms with Crippen LogP contribution in [-0.2, 0) is 13.7 Å². The summed E-state index contributed by atoms with van der Waals surface area (Å²) in [5.74, 6) is 1.17. The zero-order valence-corrected chi connectivity index (χ0v) is 16.6. The van der Waals surface area contributed by atoms with E-state index in [1.807, 2.05) is 55.7 Å². The summed E-state index contributed by atoms with van der Waals surface area (Å²) in [6, 6.07) is 13.7. The Kier molecular flexibility index (Phi) is 5.43. The van der Waals surface area contributed by atoms with Gasteiger partial charge in [-0.1, -0.05) is 30.8 Å². The Hall–Kier alpha value is -4.13. The topological polar surface area (TPSA) is 83.8 Å². The van der Waals surface area contributed by atoms with Crippen LogP contribution in [0.25, 0.3) is 22.9 Å². The van der Waals surface area contributed by atoms with E-state index >= 15 is 0 Å². The summed E-state index contributed by atoms with van der Waals surface area (Å²) in [5.41, 5.74) is 10.7. The van der Waals surface area contributed by atoms with Crippen molar-refractivity contribution >= 4 is 17.6 Å². The average Bonchev–Trinajstić information content (AvgIpc) is 3.36. The van der Waals surface area contributed by atoms with Crippen LogP contribution in [0.5, 0.6) is 5.88 Å². The van der Waals surface area contributed by atoms with Gasteiger partial charge in [-0.3, -0.25) is 9.67 Å². The maximum atomic E-state index is 5.99. The van der Waals surface area contributed by atoms with Crippen LogP contribution < -0.4 is 10.5 Å². The molecule has 0 atom stereocenters. The minimum Gasteiger partial charge on any atom is -0.471 e. The molecule has 4 rings (SSSR count). The third-order valence-electron chi connectivity index (χ3n) is 4.60. The van der Waals surface area contributed by atoms with Crippen molar-refractivity contribution in [2.45, 2.75) is 6.61 Å². The van der Waals surface area contributed by atoms with Crippen LogP contribution in [-0.4, -0.2) is 24.5 Å². The van der Waals surface area contributed by atoms with Crippen molar-refractivity contribution in [2.75, 3.05) is 5.73 Å². The molecule has 1 aromatic carbocycles. The molecule has 0 aliphatic carbocycles. The van der Waals surface area contributed by atoms with Gasteiger partial charge in [-0.15, -0.1) is 5.10 Å². The summed E-state index contributed by atoms with van der Waals surface area (Å²) in [5, 5.41) is 8.55. The van der Waals surface area contributed by atoms with E-state index in [2.05, 4.69) is 21.8 Å².